The molecular formula is C6H5Cl3F3N3OS. The van der Waals surface area contributed by atoms with Gasteiger partial charge in [0.15, 0.2) is 6.23 Å². The molecule has 0 amide bonds. The van der Waals surface area contributed by atoms with Crippen molar-refractivity contribution in [2.24, 2.45) is 12.0 Å². The molecule has 0 fully saturated rings. The average molecular weight is 331 g/mol. The first-order valence-electron chi connectivity index (χ1n) is 3.92. The minimum Gasteiger partial charge on any atom is -0.368 e. The van der Waals surface area contributed by atoms with Crippen LogP contribution < -0.4 is 4.80 Å². The average Bonchev–Trinajstić information content (AvgIpc) is 2.45. The predicted octanol–water partition coefficient (Wildman–Crippen LogP) is 2.09. The van der Waals surface area contributed by atoms with Crippen LogP contribution in [0.2, 0.25) is 0 Å². The molecular weight excluding hydrogens is 326 g/mol. The van der Waals surface area contributed by atoms with E-state index >= 15 is 0 Å². The lowest BCUT2D eigenvalue weighted by Crippen LogP contribution is -2.27. The summed E-state index contributed by atoms with van der Waals surface area (Å²) in [5, 5.41) is 11.4. The Morgan fingerprint density at radius 1 is 1.41 bits per heavy atom. The van der Waals surface area contributed by atoms with Crippen molar-refractivity contribution in [2.75, 3.05) is 0 Å². The summed E-state index contributed by atoms with van der Waals surface area (Å²) in [7, 11) is 1.23. The number of hydrogen-bond donors (Lipinski definition) is 1. The van der Waals surface area contributed by atoms with E-state index in [0.29, 0.717) is 0 Å². The van der Waals surface area contributed by atoms with Crippen LogP contribution in [0.4, 0.5) is 13.2 Å². The van der Waals surface area contributed by atoms with Gasteiger partial charge in [-0.25, -0.2) is 9.67 Å². The molecule has 1 unspecified atom stereocenters. The molecule has 0 aliphatic rings. The minimum atomic E-state index is -4.58. The fraction of sp³-hybridized carbons (Fsp3) is 0.667. The van der Waals surface area contributed by atoms with Crippen molar-refractivity contribution in [2.45, 2.75) is 16.2 Å². The fourth-order valence-electron chi connectivity index (χ4n) is 0.754. The Hall–Kier alpha value is -0.0200. The number of aliphatic hydroxyl groups is 1. The van der Waals surface area contributed by atoms with Gasteiger partial charge in [0.05, 0.1) is 0 Å². The molecule has 0 aliphatic heterocycles. The van der Waals surface area contributed by atoms with Gasteiger partial charge in [0, 0.05) is 7.05 Å². The van der Waals surface area contributed by atoms with E-state index in [9.17, 15) is 18.3 Å². The van der Waals surface area contributed by atoms with Crippen LogP contribution in [0, 0.1) is 0 Å². The van der Waals surface area contributed by atoms with Crippen LogP contribution in [0.5, 0.6) is 0 Å². The van der Waals surface area contributed by atoms with Crippen LogP contribution in [0.25, 0.3) is 0 Å². The van der Waals surface area contributed by atoms with Crippen molar-refractivity contribution in [1.82, 2.24) is 9.78 Å². The van der Waals surface area contributed by atoms with Gasteiger partial charge in [0.2, 0.25) is 13.6 Å². The van der Waals surface area contributed by atoms with Crippen LogP contribution in [0.15, 0.2) is 4.99 Å². The van der Waals surface area contributed by atoms with Crippen molar-refractivity contribution in [3.63, 3.8) is 0 Å². The number of aromatic nitrogens is 2. The van der Waals surface area contributed by atoms with Crippen LogP contribution in [-0.2, 0) is 13.2 Å². The number of halogens is 6. The third-order valence-electron chi connectivity index (χ3n) is 1.47. The number of alkyl halides is 6. The normalized spacial score (nSPS) is 16.4. The van der Waals surface area contributed by atoms with Gasteiger partial charge in [-0.2, -0.15) is 18.3 Å². The second-order valence-corrected chi connectivity index (χ2v) is 6.18. The second-order valence-electron chi connectivity index (χ2n) is 2.86. The lowest BCUT2D eigenvalue weighted by atomic mass is 10.7. The van der Waals surface area contributed by atoms with Crippen molar-refractivity contribution in [1.29, 1.82) is 0 Å². The lowest BCUT2D eigenvalue weighted by Gasteiger charge is -2.13. The van der Waals surface area contributed by atoms with E-state index in [-0.39, 0.29) is 16.1 Å². The van der Waals surface area contributed by atoms with Crippen molar-refractivity contribution < 1.29 is 18.3 Å². The molecule has 0 saturated heterocycles. The minimum absolute atomic E-state index is 0.212. The first-order valence-corrected chi connectivity index (χ1v) is 5.87. The van der Waals surface area contributed by atoms with Gasteiger partial charge in [0.25, 0.3) is 0 Å². The van der Waals surface area contributed by atoms with E-state index in [1.807, 2.05) is 0 Å². The maximum absolute atomic E-state index is 12.3. The summed E-state index contributed by atoms with van der Waals surface area (Å²) >= 11 is 16.2. The largest absolute Gasteiger partial charge is 0.445 e. The topological polar surface area (TPSA) is 50.4 Å². The first-order chi connectivity index (χ1) is 7.51. The van der Waals surface area contributed by atoms with E-state index in [1.165, 1.54) is 7.05 Å². The zero-order valence-corrected chi connectivity index (χ0v) is 11.1. The number of aryl methyl sites for hydroxylation is 1. The van der Waals surface area contributed by atoms with Gasteiger partial charge in [-0.1, -0.05) is 46.1 Å². The smallest absolute Gasteiger partial charge is 0.368 e. The van der Waals surface area contributed by atoms with Crippen molar-refractivity contribution in [3.8, 4) is 0 Å². The molecule has 11 heteroatoms. The maximum atomic E-state index is 12.3. The molecule has 0 spiro atoms. The lowest BCUT2D eigenvalue weighted by molar-refractivity contribution is -0.138. The summed E-state index contributed by atoms with van der Waals surface area (Å²) in [6.45, 7) is 0. The highest BCUT2D eigenvalue weighted by Gasteiger charge is 2.36. The van der Waals surface area contributed by atoms with E-state index in [1.54, 1.807) is 0 Å². The Labute approximate surface area is 112 Å². The molecule has 0 radical (unpaired) electrons. The molecule has 1 aromatic heterocycles. The van der Waals surface area contributed by atoms with E-state index in [4.69, 9.17) is 34.8 Å². The number of aliphatic hydroxyl groups excluding tert-OH is 1. The third-order valence-corrected chi connectivity index (χ3v) is 3.12. The number of rotatable bonds is 1. The molecule has 98 valence electrons. The van der Waals surface area contributed by atoms with Gasteiger partial charge in [-0.05, 0) is 0 Å². The summed E-state index contributed by atoms with van der Waals surface area (Å²) in [5.74, 6) is 0. The van der Waals surface area contributed by atoms with Crippen LogP contribution in [0.3, 0.4) is 0 Å². The highest BCUT2D eigenvalue weighted by Crippen LogP contribution is 2.31. The first kappa shape index (κ1) is 15.0. The van der Waals surface area contributed by atoms with E-state index < -0.39 is 21.2 Å². The Kier molecular flexibility index (Phi) is 4.36. The highest BCUT2D eigenvalue weighted by atomic mass is 35.6. The summed E-state index contributed by atoms with van der Waals surface area (Å²) in [4.78, 5) is 3.23. The molecule has 0 aromatic carbocycles. The highest BCUT2D eigenvalue weighted by molar-refractivity contribution is 7.08. The van der Waals surface area contributed by atoms with Crippen LogP contribution in [-0.4, -0.2) is 24.9 Å². The van der Waals surface area contributed by atoms with Gasteiger partial charge in [-0.3, -0.25) is 0 Å². The Morgan fingerprint density at radius 2 is 1.94 bits per heavy atom. The van der Waals surface area contributed by atoms with E-state index in [2.05, 4.69) is 10.1 Å². The van der Waals surface area contributed by atoms with Crippen LogP contribution >= 0.6 is 46.1 Å². The van der Waals surface area contributed by atoms with Crippen LogP contribution in [0.1, 0.15) is 5.01 Å². The molecule has 0 bridgehead atoms. The molecule has 0 aliphatic carbocycles. The molecule has 1 heterocycles. The Bertz CT molecular complexity index is 464. The third kappa shape index (κ3) is 3.99. The standard InChI is InChI=1S/C6H5Cl3F3N3OS/c1-15-4(13-2(16)5(7,8)9)17-3(14-15)6(10,11)12/h2,16H,1H3/b13-4+. The molecule has 0 saturated carbocycles. The zero-order valence-electron chi connectivity index (χ0n) is 8.04. The van der Waals surface area contributed by atoms with Gasteiger partial charge >= 0.3 is 6.18 Å². The quantitative estimate of drug-likeness (QED) is 0.802. The second kappa shape index (κ2) is 4.93. The predicted molar refractivity (Wildman–Crippen MR) is 57.9 cm³/mol. The zero-order chi connectivity index (χ0) is 13.4. The molecule has 1 atom stereocenters. The summed E-state index contributed by atoms with van der Waals surface area (Å²) in [6, 6.07) is 0. The molecule has 1 rings (SSSR count). The number of hydrogen-bond acceptors (Lipinski definition) is 4. The summed E-state index contributed by atoms with van der Waals surface area (Å²) in [6.07, 6.45) is -6.36. The molecule has 1 N–H and O–H groups in total. The van der Waals surface area contributed by atoms with Crippen molar-refractivity contribution >= 4 is 46.1 Å². The SMILES string of the molecule is Cn1nc(C(F)(F)F)s/c1=N/C(O)C(Cl)(Cl)Cl. The monoisotopic (exact) mass is 329 g/mol. The molecule has 1 aromatic rings. The van der Waals surface area contributed by atoms with Crippen molar-refractivity contribution in [3.05, 3.63) is 9.81 Å². The van der Waals surface area contributed by atoms with Gasteiger partial charge in [0.1, 0.15) is 0 Å². The molecule has 17 heavy (non-hydrogen) atoms. The Morgan fingerprint density at radius 3 is 2.29 bits per heavy atom. The summed E-state index contributed by atoms with van der Waals surface area (Å²) < 4.78 is 35.6. The maximum Gasteiger partial charge on any atom is 0.445 e. The Balaban J connectivity index is 3.17. The van der Waals surface area contributed by atoms with E-state index in [0.717, 1.165) is 4.68 Å². The van der Waals surface area contributed by atoms with Gasteiger partial charge in [-0.15, -0.1) is 0 Å². The van der Waals surface area contributed by atoms with Gasteiger partial charge < -0.3 is 5.11 Å². The summed E-state index contributed by atoms with van der Waals surface area (Å²) in [5.41, 5.74) is 0. The number of nitrogens with zero attached hydrogens (tertiary/aromatic N) is 3. The fourth-order valence-corrected chi connectivity index (χ4v) is 1.68. The molecule has 4 nitrogen and oxygen atoms in total.